The molecule has 0 aliphatic rings. The first-order valence-electron chi connectivity index (χ1n) is 4.61. The fraction of sp³-hybridized carbons (Fsp3) is 0.300. The first-order chi connectivity index (χ1) is 7.30. The summed E-state index contributed by atoms with van der Waals surface area (Å²) in [5.74, 6) is -0.857. The van der Waals surface area contributed by atoms with Gasteiger partial charge in [-0.05, 0) is 17.7 Å². The molecule has 1 atom stereocenters. The Kier molecular flexibility index (Phi) is 3.66. The largest absolute Gasteiger partial charge is 0.564 e. The van der Waals surface area contributed by atoms with E-state index in [1.807, 2.05) is 0 Å². The summed E-state index contributed by atoms with van der Waals surface area (Å²) in [7, 11) is -3.25. The molecule has 0 heterocycles. The molecule has 0 amide bonds. The molecule has 0 fully saturated rings. The van der Waals surface area contributed by atoms with Crippen LogP contribution >= 0.6 is 0 Å². The second kappa shape index (κ2) is 4.63. The van der Waals surface area contributed by atoms with Crippen molar-refractivity contribution in [3.63, 3.8) is 0 Å². The van der Waals surface area contributed by atoms with Crippen LogP contribution in [0.3, 0.4) is 0 Å². The smallest absolute Gasteiger partial charge is 0.533 e. The molecule has 1 aromatic carbocycles. The van der Waals surface area contributed by atoms with Crippen LogP contribution in [0.2, 0.25) is 0 Å². The molecule has 0 bridgehead atoms. The summed E-state index contributed by atoms with van der Waals surface area (Å²) >= 11 is 0. The molecule has 0 aromatic heterocycles. The highest BCUT2D eigenvalue weighted by molar-refractivity contribution is 7.90. The van der Waals surface area contributed by atoms with Crippen LogP contribution in [0, 0.1) is 0 Å². The number of carbonyl (C=O) groups excluding carboxylic acids is 1. The van der Waals surface area contributed by atoms with Crippen LogP contribution in [0.5, 0.6) is 0 Å². The van der Waals surface area contributed by atoms with E-state index in [1.54, 1.807) is 12.1 Å². The second-order valence-corrected chi connectivity index (χ2v) is 5.61. The molecule has 0 radical (unpaired) electrons. The molecule has 1 aromatic rings. The van der Waals surface area contributed by atoms with Gasteiger partial charge in [-0.25, -0.2) is 8.42 Å². The minimum Gasteiger partial charge on any atom is -0.564 e. The van der Waals surface area contributed by atoms with Gasteiger partial charge in [0.25, 0.3) is 0 Å². The molecule has 1 rings (SSSR count). The predicted molar refractivity (Wildman–Crippen MR) is 59.9 cm³/mol. The lowest BCUT2D eigenvalue weighted by Crippen LogP contribution is -2.32. The Morgan fingerprint density at radius 3 is 2.62 bits per heavy atom. The summed E-state index contributed by atoms with van der Waals surface area (Å²) in [6.07, 6.45) is 1.29. The number of hydrogen-bond acceptors (Lipinski definition) is 4. The SMILES string of the molecule is CS(=O)(=O)c1cccc(C[C@H](N)C(=O)[OH2+])c1. The maximum atomic E-state index is 11.3. The summed E-state index contributed by atoms with van der Waals surface area (Å²) in [4.78, 5) is 10.8. The molecule has 88 valence electrons. The van der Waals surface area contributed by atoms with Crippen molar-refractivity contribution < 1.29 is 18.3 Å². The van der Waals surface area contributed by atoms with Gasteiger partial charge in [0.2, 0.25) is 0 Å². The summed E-state index contributed by atoms with van der Waals surface area (Å²) < 4.78 is 22.5. The maximum Gasteiger partial charge on any atom is 0.533 e. The second-order valence-electron chi connectivity index (χ2n) is 3.59. The van der Waals surface area contributed by atoms with Crippen LogP contribution in [0.25, 0.3) is 0 Å². The Balaban J connectivity index is 2.96. The monoisotopic (exact) mass is 244 g/mol. The molecule has 0 saturated heterocycles. The zero-order valence-corrected chi connectivity index (χ0v) is 9.62. The summed E-state index contributed by atoms with van der Waals surface area (Å²) in [5.41, 5.74) is 6.06. The molecule has 0 saturated carbocycles. The molecular weight excluding hydrogens is 230 g/mol. The van der Waals surface area contributed by atoms with Gasteiger partial charge < -0.3 is 10.8 Å². The van der Waals surface area contributed by atoms with Crippen molar-refractivity contribution in [2.75, 3.05) is 6.26 Å². The van der Waals surface area contributed by atoms with Crippen LogP contribution < -0.4 is 5.73 Å². The molecule has 5 nitrogen and oxygen atoms in total. The van der Waals surface area contributed by atoms with Crippen molar-refractivity contribution in [1.82, 2.24) is 0 Å². The molecule has 16 heavy (non-hydrogen) atoms. The average molecular weight is 244 g/mol. The number of sulfone groups is 1. The topological polar surface area (TPSA) is 100 Å². The molecule has 0 aliphatic carbocycles. The van der Waals surface area contributed by atoms with E-state index in [0.29, 0.717) is 5.56 Å². The van der Waals surface area contributed by atoms with E-state index in [1.165, 1.54) is 12.1 Å². The maximum absolute atomic E-state index is 11.3. The van der Waals surface area contributed by atoms with Gasteiger partial charge in [-0.1, -0.05) is 12.1 Å². The lowest BCUT2D eigenvalue weighted by molar-refractivity contribution is -0.138. The molecular formula is C10H14NO4S+. The summed E-state index contributed by atoms with van der Waals surface area (Å²) in [6, 6.07) is 5.31. The zero-order valence-electron chi connectivity index (χ0n) is 8.80. The zero-order chi connectivity index (χ0) is 12.3. The van der Waals surface area contributed by atoms with Crippen LogP contribution in [-0.4, -0.2) is 31.8 Å². The normalized spacial score (nSPS) is 13.4. The van der Waals surface area contributed by atoms with Gasteiger partial charge in [-0.2, -0.15) is 0 Å². The Morgan fingerprint density at radius 2 is 2.12 bits per heavy atom. The third-order valence-corrected chi connectivity index (χ3v) is 3.23. The average Bonchev–Trinajstić information content (AvgIpc) is 2.16. The molecule has 0 aliphatic heterocycles. The number of hydrogen-bond donors (Lipinski definition) is 1. The van der Waals surface area contributed by atoms with Crippen molar-refractivity contribution in [1.29, 1.82) is 0 Å². The number of carbonyl (C=O) groups is 1. The Labute approximate surface area is 93.8 Å². The van der Waals surface area contributed by atoms with Crippen molar-refractivity contribution in [3.8, 4) is 0 Å². The minimum atomic E-state index is -3.25. The van der Waals surface area contributed by atoms with Crippen molar-refractivity contribution in [2.45, 2.75) is 17.4 Å². The van der Waals surface area contributed by atoms with E-state index in [0.717, 1.165) is 6.26 Å². The van der Waals surface area contributed by atoms with Crippen LogP contribution in [0.1, 0.15) is 5.56 Å². The van der Waals surface area contributed by atoms with Crippen molar-refractivity contribution >= 4 is 15.8 Å². The fourth-order valence-corrected chi connectivity index (χ4v) is 1.94. The lowest BCUT2D eigenvalue weighted by Gasteiger charge is -2.05. The molecule has 0 spiro atoms. The van der Waals surface area contributed by atoms with Crippen LogP contribution in [-0.2, 0) is 21.1 Å². The first kappa shape index (κ1) is 12.7. The van der Waals surface area contributed by atoms with Crippen molar-refractivity contribution in [2.24, 2.45) is 5.73 Å². The van der Waals surface area contributed by atoms with Crippen LogP contribution in [0.15, 0.2) is 29.2 Å². The Bertz CT molecular complexity index is 495. The van der Waals surface area contributed by atoms with Gasteiger partial charge in [0.1, 0.15) is 0 Å². The van der Waals surface area contributed by atoms with E-state index < -0.39 is 21.8 Å². The van der Waals surface area contributed by atoms with E-state index in [9.17, 15) is 13.2 Å². The number of rotatable bonds is 4. The predicted octanol–water partition coefficient (Wildman–Crippen LogP) is -0.789. The Morgan fingerprint density at radius 1 is 1.50 bits per heavy atom. The van der Waals surface area contributed by atoms with Gasteiger partial charge >= 0.3 is 5.97 Å². The molecule has 4 N–H and O–H groups in total. The summed E-state index contributed by atoms with van der Waals surface area (Å²) in [5, 5.41) is 6.83. The minimum absolute atomic E-state index is 0.172. The van der Waals surface area contributed by atoms with Gasteiger partial charge in [-0.15, -0.1) is 0 Å². The van der Waals surface area contributed by atoms with Gasteiger partial charge in [-0.3, -0.25) is 0 Å². The third-order valence-electron chi connectivity index (χ3n) is 2.12. The van der Waals surface area contributed by atoms with Gasteiger partial charge in [0.05, 0.1) is 4.90 Å². The first-order valence-corrected chi connectivity index (χ1v) is 6.50. The lowest BCUT2D eigenvalue weighted by atomic mass is 10.1. The van der Waals surface area contributed by atoms with E-state index >= 15 is 0 Å². The van der Waals surface area contributed by atoms with Gasteiger partial charge in [0, 0.05) is 17.5 Å². The number of nitrogens with two attached hydrogens (primary N) is 1. The van der Waals surface area contributed by atoms with Crippen LogP contribution in [0.4, 0.5) is 0 Å². The van der Waals surface area contributed by atoms with E-state index in [4.69, 9.17) is 10.8 Å². The molecule has 0 unspecified atom stereocenters. The summed E-state index contributed by atoms with van der Waals surface area (Å²) in [6.45, 7) is 0. The van der Waals surface area contributed by atoms with Gasteiger partial charge in [0.15, 0.2) is 15.9 Å². The van der Waals surface area contributed by atoms with E-state index in [2.05, 4.69) is 0 Å². The Hall–Kier alpha value is -1.40. The molecule has 6 heteroatoms. The quantitative estimate of drug-likeness (QED) is 0.701. The highest BCUT2D eigenvalue weighted by Crippen LogP contribution is 2.12. The fourth-order valence-electron chi connectivity index (χ4n) is 1.25. The van der Waals surface area contributed by atoms with E-state index in [-0.39, 0.29) is 11.3 Å². The highest BCUT2D eigenvalue weighted by Gasteiger charge is 2.20. The third kappa shape index (κ3) is 3.32. The van der Waals surface area contributed by atoms with Crippen molar-refractivity contribution in [3.05, 3.63) is 29.8 Å². The highest BCUT2D eigenvalue weighted by atomic mass is 32.2. The standard InChI is InChI=1S/C10H13NO4S/c1-16(14,15)8-4-2-3-7(5-8)6-9(11)10(12)13/h2-5,9H,6,11H2,1H3,(H,12,13)/p+1/t9-/m0/s1. The number of benzene rings is 1.